The van der Waals surface area contributed by atoms with Crippen molar-refractivity contribution in [2.24, 2.45) is 23.7 Å². The summed E-state index contributed by atoms with van der Waals surface area (Å²) in [5, 5.41) is 10.6. The summed E-state index contributed by atoms with van der Waals surface area (Å²) in [7, 11) is -9.92. The van der Waals surface area contributed by atoms with E-state index in [-0.39, 0.29) is 25.7 Å². The molecule has 0 aromatic rings. The number of hydrogen-bond acceptors (Lipinski definition) is 15. The maximum absolute atomic E-state index is 13.1. The highest BCUT2D eigenvalue weighted by atomic mass is 31.2. The van der Waals surface area contributed by atoms with E-state index in [2.05, 4.69) is 55.4 Å². The fourth-order valence-corrected chi connectivity index (χ4v) is 13.6. The third kappa shape index (κ3) is 69.8. The van der Waals surface area contributed by atoms with E-state index in [4.69, 9.17) is 37.0 Å². The van der Waals surface area contributed by atoms with Gasteiger partial charge in [0, 0.05) is 25.7 Å². The van der Waals surface area contributed by atoms with E-state index in [1.54, 1.807) is 0 Å². The molecule has 0 bridgehead atoms. The molecule has 0 saturated heterocycles. The minimum absolute atomic E-state index is 0.102. The van der Waals surface area contributed by atoms with Crippen LogP contribution in [-0.4, -0.2) is 96.7 Å². The summed E-state index contributed by atoms with van der Waals surface area (Å²) in [6, 6.07) is 0. The van der Waals surface area contributed by atoms with Crippen LogP contribution in [0.25, 0.3) is 0 Å². The van der Waals surface area contributed by atoms with Gasteiger partial charge in [0.1, 0.15) is 19.3 Å². The Labute approximate surface area is 600 Å². The molecule has 3 N–H and O–H groups in total. The molecule has 0 radical (unpaired) electrons. The van der Waals surface area contributed by atoms with Gasteiger partial charge in [-0.3, -0.25) is 37.3 Å². The van der Waals surface area contributed by atoms with Gasteiger partial charge in [0.05, 0.1) is 26.4 Å². The largest absolute Gasteiger partial charge is 0.472 e. The van der Waals surface area contributed by atoms with Gasteiger partial charge in [-0.1, -0.05) is 351 Å². The average Bonchev–Trinajstić information content (AvgIpc) is 0.930. The van der Waals surface area contributed by atoms with E-state index >= 15 is 0 Å². The van der Waals surface area contributed by atoms with Crippen molar-refractivity contribution in [3.8, 4) is 0 Å². The molecule has 19 heteroatoms. The molecular formula is C79H154O17P2. The number of carbonyl (C=O) groups excluding carboxylic acids is 4. The number of phosphoric acid groups is 2. The number of phosphoric ester groups is 2. The SMILES string of the molecule is CCC(C)CCCCCCCCCCCCCCCCC(=O)O[C@H](COC(=O)CCCCCCCCCCCCCCCCCCC(C)C)COP(=O)(O)OCC(O)COP(=O)(O)OC[C@@H](COC(=O)CCCCCCCCCCC(C)C)OC(=O)CCCCCCCCC(C)CC. The van der Waals surface area contributed by atoms with E-state index < -0.39 is 97.5 Å². The molecular weight excluding hydrogens is 1280 g/mol. The molecule has 0 aliphatic carbocycles. The minimum Gasteiger partial charge on any atom is -0.462 e. The molecule has 7 atom stereocenters. The first-order chi connectivity index (χ1) is 47.2. The second-order valence-electron chi connectivity index (χ2n) is 29.9. The maximum atomic E-state index is 13.1. The maximum Gasteiger partial charge on any atom is 0.472 e. The van der Waals surface area contributed by atoms with Gasteiger partial charge in [0.15, 0.2) is 12.2 Å². The predicted molar refractivity (Wildman–Crippen MR) is 400 cm³/mol. The van der Waals surface area contributed by atoms with E-state index in [1.165, 1.54) is 205 Å². The Kier molecular flexibility index (Phi) is 66.8. The zero-order valence-corrected chi connectivity index (χ0v) is 66.2. The predicted octanol–water partition coefficient (Wildman–Crippen LogP) is 23.2. The van der Waals surface area contributed by atoms with Crippen LogP contribution in [0.5, 0.6) is 0 Å². The van der Waals surface area contributed by atoms with Gasteiger partial charge >= 0.3 is 39.5 Å². The Morgan fingerprint density at radius 2 is 0.490 bits per heavy atom. The highest BCUT2D eigenvalue weighted by molar-refractivity contribution is 7.47. The first-order valence-electron chi connectivity index (χ1n) is 40.8. The average molecular weight is 1440 g/mol. The number of esters is 4. The quantitative estimate of drug-likeness (QED) is 0.0222. The summed E-state index contributed by atoms with van der Waals surface area (Å²) in [5.74, 6) is 0.985. The van der Waals surface area contributed by atoms with Crippen molar-refractivity contribution in [2.45, 2.75) is 420 Å². The van der Waals surface area contributed by atoms with Crippen LogP contribution in [-0.2, 0) is 65.4 Å². The molecule has 0 fully saturated rings. The van der Waals surface area contributed by atoms with E-state index in [0.717, 1.165) is 114 Å². The lowest BCUT2D eigenvalue weighted by molar-refractivity contribution is -0.161. The lowest BCUT2D eigenvalue weighted by Crippen LogP contribution is -2.30. The molecule has 17 nitrogen and oxygen atoms in total. The number of unbranched alkanes of at least 4 members (excludes halogenated alkanes) is 40. The molecule has 0 heterocycles. The van der Waals surface area contributed by atoms with Crippen LogP contribution in [0.15, 0.2) is 0 Å². The van der Waals surface area contributed by atoms with Crippen LogP contribution >= 0.6 is 15.6 Å². The smallest absolute Gasteiger partial charge is 0.462 e. The Morgan fingerprint density at radius 1 is 0.286 bits per heavy atom. The Balaban J connectivity index is 5.23. The molecule has 98 heavy (non-hydrogen) atoms. The molecule has 0 rings (SSSR count). The van der Waals surface area contributed by atoms with Gasteiger partial charge in [-0.05, 0) is 49.4 Å². The molecule has 0 aromatic heterocycles. The summed E-state index contributed by atoms with van der Waals surface area (Å²) in [4.78, 5) is 72.9. The summed E-state index contributed by atoms with van der Waals surface area (Å²) < 4.78 is 68.6. The van der Waals surface area contributed by atoms with Crippen molar-refractivity contribution in [1.29, 1.82) is 0 Å². The van der Waals surface area contributed by atoms with Crippen LogP contribution in [0.3, 0.4) is 0 Å². The molecule has 5 unspecified atom stereocenters. The molecule has 0 aliphatic heterocycles. The lowest BCUT2D eigenvalue weighted by atomic mass is 9.99. The van der Waals surface area contributed by atoms with Crippen molar-refractivity contribution < 1.29 is 80.2 Å². The molecule has 0 aliphatic rings. The lowest BCUT2D eigenvalue weighted by Gasteiger charge is -2.21. The van der Waals surface area contributed by atoms with Gasteiger partial charge in [0.2, 0.25) is 0 Å². The van der Waals surface area contributed by atoms with Gasteiger partial charge < -0.3 is 33.8 Å². The zero-order chi connectivity index (χ0) is 72.4. The second kappa shape index (κ2) is 68.2. The highest BCUT2D eigenvalue weighted by Gasteiger charge is 2.30. The summed E-state index contributed by atoms with van der Waals surface area (Å²) in [6.07, 6.45) is 54.2. The number of hydrogen-bond donors (Lipinski definition) is 3. The van der Waals surface area contributed by atoms with Crippen molar-refractivity contribution in [2.75, 3.05) is 39.6 Å². The summed E-state index contributed by atoms with van der Waals surface area (Å²) in [6.45, 7) is 14.2. The van der Waals surface area contributed by atoms with Crippen molar-refractivity contribution >= 4 is 39.5 Å². The standard InChI is InChI=1S/C79H154O17P2/c1-9-71(7)57-49-41-33-26-22-18-15-16-20-24-28-36-45-53-61-78(83)95-74(65-89-76(81)59-51-43-34-27-23-19-14-12-11-13-17-21-25-31-39-47-55-69(3)4)67-93-97(85,86)91-63-73(80)64-92-98(87,88)94-68-75(96-79(84)62-54-46-38-37-42-50-58-72(8)10-2)66-90-77(82)60-52-44-35-30-29-32-40-48-56-70(5)6/h69-75,80H,9-68H2,1-8H3,(H,85,86)(H,87,88)/t71?,72?,73?,74-,75-/m1/s1. The normalized spacial score (nSPS) is 14.6. The monoisotopic (exact) mass is 1440 g/mol. The molecule has 0 amide bonds. The van der Waals surface area contributed by atoms with E-state index in [9.17, 15) is 43.2 Å². The van der Waals surface area contributed by atoms with Gasteiger partial charge in [-0.25, -0.2) is 9.13 Å². The molecule has 0 saturated carbocycles. The summed E-state index contributed by atoms with van der Waals surface area (Å²) in [5.41, 5.74) is 0. The van der Waals surface area contributed by atoms with Crippen molar-refractivity contribution in [3.05, 3.63) is 0 Å². The van der Waals surface area contributed by atoms with Crippen LogP contribution < -0.4 is 0 Å². The fourth-order valence-electron chi connectivity index (χ4n) is 12.0. The number of rotatable bonds is 76. The first-order valence-corrected chi connectivity index (χ1v) is 43.8. The molecule has 0 spiro atoms. The van der Waals surface area contributed by atoms with E-state index in [1.807, 2.05) is 0 Å². The third-order valence-corrected chi connectivity index (χ3v) is 20.9. The zero-order valence-electron chi connectivity index (χ0n) is 64.4. The van der Waals surface area contributed by atoms with Crippen molar-refractivity contribution in [1.82, 2.24) is 0 Å². The number of ether oxygens (including phenoxy) is 4. The fraction of sp³-hybridized carbons (Fsp3) is 0.949. The number of carbonyl (C=O) groups is 4. The van der Waals surface area contributed by atoms with Gasteiger partial charge in [0.25, 0.3) is 0 Å². The minimum atomic E-state index is -4.96. The number of aliphatic hydroxyl groups is 1. The van der Waals surface area contributed by atoms with Crippen LogP contribution in [0.2, 0.25) is 0 Å². The van der Waals surface area contributed by atoms with E-state index in [0.29, 0.717) is 25.7 Å². The second-order valence-corrected chi connectivity index (χ2v) is 32.8. The number of aliphatic hydroxyl groups excluding tert-OH is 1. The first kappa shape index (κ1) is 96.1. The van der Waals surface area contributed by atoms with Crippen molar-refractivity contribution in [3.63, 3.8) is 0 Å². The summed E-state index contributed by atoms with van der Waals surface area (Å²) >= 11 is 0. The Hall–Kier alpha value is -1.94. The van der Waals surface area contributed by atoms with Crippen LogP contribution in [0.4, 0.5) is 0 Å². The molecule has 0 aromatic carbocycles. The third-order valence-electron chi connectivity index (χ3n) is 19.0. The van der Waals surface area contributed by atoms with Crippen LogP contribution in [0.1, 0.15) is 402 Å². The topological polar surface area (TPSA) is 237 Å². The van der Waals surface area contributed by atoms with Gasteiger partial charge in [-0.15, -0.1) is 0 Å². The Morgan fingerprint density at radius 3 is 0.724 bits per heavy atom. The van der Waals surface area contributed by atoms with Crippen LogP contribution in [0, 0.1) is 23.7 Å². The van der Waals surface area contributed by atoms with Gasteiger partial charge in [-0.2, -0.15) is 0 Å². The highest BCUT2D eigenvalue weighted by Crippen LogP contribution is 2.45. The Bertz CT molecular complexity index is 1920. The molecule has 582 valence electrons.